The first-order valence-electron chi connectivity index (χ1n) is 14.1. The van der Waals surface area contributed by atoms with E-state index >= 15 is 0 Å². The number of thiazole rings is 1. The lowest BCUT2D eigenvalue weighted by atomic mass is 10.2. The van der Waals surface area contributed by atoms with E-state index in [2.05, 4.69) is 23.1 Å². The molecule has 47 heavy (non-hydrogen) atoms. The third kappa shape index (κ3) is 8.29. The quantitative estimate of drug-likeness (QED) is 0.0638. The summed E-state index contributed by atoms with van der Waals surface area (Å²) >= 11 is 1.52. The Bertz CT molecular complexity index is 1980. The van der Waals surface area contributed by atoms with Crippen LogP contribution in [0.2, 0.25) is 0 Å². The van der Waals surface area contributed by atoms with Gasteiger partial charge in [0, 0.05) is 23.9 Å². The van der Waals surface area contributed by atoms with Gasteiger partial charge in [-0.3, -0.25) is 4.99 Å². The normalized spacial score (nSPS) is 11.4. The fourth-order valence-corrected chi connectivity index (χ4v) is 5.03. The van der Waals surface area contributed by atoms with E-state index in [1.54, 1.807) is 0 Å². The van der Waals surface area contributed by atoms with E-state index in [1.807, 2.05) is 31.2 Å². The predicted molar refractivity (Wildman–Crippen MR) is 177 cm³/mol. The molecule has 11 heteroatoms. The highest BCUT2D eigenvalue weighted by Gasteiger charge is 2.16. The summed E-state index contributed by atoms with van der Waals surface area (Å²) in [7, 11) is 0. The smallest absolute Gasteiger partial charge is 0.343 e. The number of fused-ring (bicyclic) bond motifs is 1. The highest BCUT2D eigenvalue weighted by atomic mass is 32.1. The molecule has 1 aromatic heterocycles. The van der Waals surface area contributed by atoms with Crippen LogP contribution < -0.4 is 18.9 Å². The van der Waals surface area contributed by atoms with Gasteiger partial charge in [0.25, 0.3) is 0 Å². The van der Waals surface area contributed by atoms with Crippen LogP contribution in [0.25, 0.3) is 10.2 Å². The van der Waals surface area contributed by atoms with Crippen molar-refractivity contribution in [3.05, 3.63) is 138 Å². The predicted octanol–water partition coefficient (Wildman–Crippen LogP) is 7.10. The van der Waals surface area contributed by atoms with Crippen LogP contribution in [-0.2, 0) is 9.59 Å². The van der Waals surface area contributed by atoms with Gasteiger partial charge in [0.05, 0.1) is 27.4 Å². The summed E-state index contributed by atoms with van der Waals surface area (Å²) in [5.41, 5.74) is 1.64. The van der Waals surface area contributed by atoms with Crippen LogP contribution in [0.15, 0.2) is 121 Å². The summed E-state index contributed by atoms with van der Waals surface area (Å²) in [5, 5.41) is 0.794. The lowest BCUT2D eigenvalue weighted by Gasteiger charge is -2.11. The van der Waals surface area contributed by atoms with Crippen molar-refractivity contribution in [3.63, 3.8) is 0 Å². The van der Waals surface area contributed by atoms with Gasteiger partial charge in [0.1, 0.15) is 28.0 Å². The van der Waals surface area contributed by atoms with Gasteiger partial charge in [0.2, 0.25) is 0 Å². The van der Waals surface area contributed by atoms with Crippen molar-refractivity contribution in [3.8, 4) is 23.0 Å². The van der Waals surface area contributed by atoms with Crippen molar-refractivity contribution >= 4 is 51.6 Å². The highest BCUT2D eigenvalue weighted by Crippen LogP contribution is 2.30. The molecule has 0 saturated carbocycles. The van der Waals surface area contributed by atoms with E-state index in [4.69, 9.17) is 18.9 Å². The fourth-order valence-electron chi connectivity index (χ4n) is 4.07. The summed E-state index contributed by atoms with van der Waals surface area (Å²) in [5.74, 6) is -1.80. The topological polar surface area (TPSA) is 130 Å². The van der Waals surface area contributed by atoms with Gasteiger partial charge in [-0.2, -0.15) is 0 Å². The molecule has 0 spiro atoms. The molecule has 5 rings (SSSR count). The van der Waals surface area contributed by atoms with Crippen molar-refractivity contribution in [2.45, 2.75) is 13.0 Å². The van der Waals surface area contributed by atoms with E-state index in [9.17, 15) is 19.2 Å². The molecule has 5 aromatic rings. The SMILES string of the molecule is C=CC(=O)Oc1ccc(C(=O)Oc2ccc(OC(=O)c3ccc(OC(=O)C=C)cc3)c(C=NC(C)c3nc4ccccc4s3)c2)cc1. The Morgan fingerprint density at radius 3 is 1.85 bits per heavy atom. The molecule has 10 nitrogen and oxygen atoms in total. The maximum absolute atomic E-state index is 13.1. The Balaban J connectivity index is 1.38. The molecule has 0 bridgehead atoms. The number of nitrogens with zero attached hydrogens (tertiary/aromatic N) is 2. The fraction of sp³-hybridized carbons (Fsp3) is 0.0556. The van der Waals surface area contributed by atoms with Gasteiger partial charge in [-0.25, -0.2) is 24.2 Å². The van der Waals surface area contributed by atoms with Gasteiger partial charge < -0.3 is 18.9 Å². The van der Waals surface area contributed by atoms with Crippen molar-refractivity contribution in [1.82, 2.24) is 4.98 Å². The Labute approximate surface area is 273 Å². The summed E-state index contributed by atoms with van der Waals surface area (Å²) in [6.07, 6.45) is 3.59. The number of aliphatic imine (C=N–C) groups is 1. The largest absolute Gasteiger partial charge is 0.423 e. The molecule has 1 unspecified atom stereocenters. The standard InChI is InChI=1S/C36H26N2O8S/c1-4-32(39)43-26-14-10-23(11-15-26)35(41)45-28-18-19-30(46-36(42)24-12-16-27(17-13-24)44-33(40)5-2)25(20-28)21-37-22(3)34-38-29-8-6-7-9-31(29)47-34/h4-22H,1-2H2,3H3. The van der Waals surface area contributed by atoms with Gasteiger partial charge in [-0.15, -0.1) is 11.3 Å². The lowest BCUT2D eigenvalue weighted by Crippen LogP contribution is -2.11. The first kappa shape index (κ1) is 32.2. The number of rotatable bonds is 11. The maximum Gasteiger partial charge on any atom is 0.343 e. The van der Waals surface area contributed by atoms with Crippen LogP contribution in [-0.4, -0.2) is 35.1 Å². The van der Waals surface area contributed by atoms with Gasteiger partial charge >= 0.3 is 23.9 Å². The number of carbonyl (C=O) groups is 4. The molecule has 0 aliphatic carbocycles. The Morgan fingerprint density at radius 2 is 1.28 bits per heavy atom. The van der Waals surface area contributed by atoms with E-state index in [1.165, 1.54) is 84.3 Å². The zero-order chi connectivity index (χ0) is 33.3. The van der Waals surface area contributed by atoms with E-state index < -0.39 is 23.9 Å². The number of esters is 4. The molecule has 234 valence electrons. The summed E-state index contributed by atoms with van der Waals surface area (Å²) in [6.45, 7) is 8.59. The van der Waals surface area contributed by atoms with Crippen LogP contribution in [0.4, 0.5) is 0 Å². The molecular weight excluding hydrogens is 620 g/mol. The number of aromatic nitrogens is 1. The van der Waals surface area contributed by atoms with Gasteiger partial charge in [-0.1, -0.05) is 25.3 Å². The van der Waals surface area contributed by atoms with E-state index in [-0.39, 0.29) is 40.2 Å². The third-order valence-electron chi connectivity index (χ3n) is 6.45. The van der Waals surface area contributed by atoms with Crippen molar-refractivity contribution < 1.29 is 38.1 Å². The second kappa shape index (κ2) is 14.7. The Morgan fingerprint density at radius 1 is 0.723 bits per heavy atom. The Hall–Kier alpha value is -6.20. The average molecular weight is 647 g/mol. The monoisotopic (exact) mass is 646 g/mol. The van der Waals surface area contributed by atoms with Crippen LogP contribution in [0.1, 0.15) is 44.3 Å². The minimum Gasteiger partial charge on any atom is -0.423 e. The Kier molecular flexibility index (Phi) is 10.1. The van der Waals surface area contributed by atoms with Crippen molar-refractivity contribution in [1.29, 1.82) is 0 Å². The lowest BCUT2D eigenvalue weighted by molar-refractivity contribution is -0.129. The zero-order valence-corrected chi connectivity index (χ0v) is 25.8. The number of ether oxygens (including phenoxy) is 4. The molecule has 1 atom stereocenters. The number of hydrogen-bond acceptors (Lipinski definition) is 11. The number of benzene rings is 4. The molecule has 0 aliphatic rings. The van der Waals surface area contributed by atoms with E-state index in [0.29, 0.717) is 5.56 Å². The second-order valence-electron chi connectivity index (χ2n) is 9.75. The zero-order valence-electron chi connectivity index (χ0n) is 25.0. The number of para-hydroxylation sites is 1. The van der Waals surface area contributed by atoms with E-state index in [0.717, 1.165) is 27.4 Å². The molecule has 0 aliphatic heterocycles. The average Bonchev–Trinajstić information content (AvgIpc) is 3.53. The number of carbonyl (C=O) groups excluding carboxylic acids is 4. The molecular formula is C36H26N2O8S. The number of hydrogen-bond donors (Lipinski definition) is 0. The molecule has 4 aromatic carbocycles. The second-order valence-corrected chi connectivity index (χ2v) is 10.8. The molecule has 0 amide bonds. The first-order valence-corrected chi connectivity index (χ1v) is 14.9. The molecule has 1 heterocycles. The maximum atomic E-state index is 13.1. The highest BCUT2D eigenvalue weighted by molar-refractivity contribution is 7.18. The molecule has 0 fully saturated rings. The summed E-state index contributed by atoms with van der Waals surface area (Å²) in [4.78, 5) is 58.2. The van der Waals surface area contributed by atoms with Crippen LogP contribution in [0.5, 0.6) is 23.0 Å². The van der Waals surface area contributed by atoms with Crippen LogP contribution in [0, 0.1) is 0 Å². The molecule has 0 N–H and O–H groups in total. The molecule has 0 saturated heterocycles. The first-order chi connectivity index (χ1) is 22.7. The van der Waals surface area contributed by atoms with Crippen molar-refractivity contribution in [2.24, 2.45) is 4.99 Å². The summed E-state index contributed by atoms with van der Waals surface area (Å²) < 4.78 is 22.4. The minimum atomic E-state index is -0.678. The summed E-state index contributed by atoms with van der Waals surface area (Å²) in [6, 6.07) is 23.6. The third-order valence-corrected chi connectivity index (χ3v) is 7.66. The molecule has 0 radical (unpaired) electrons. The van der Waals surface area contributed by atoms with Gasteiger partial charge in [0.15, 0.2) is 0 Å². The van der Waals surface area contributed by atoms with Crippen LogP contribution >= 0.6 is 11.3 Å². The van der Waals surface area contributed by atoms with Gasteiger partial charge in [-0.05, 0) is 85.8 Å². The minimum absolute atomic E-state index is 0.158. The van der Waals surface area contributed by atoms with Crippen molar-refractivity contribution in [2.75, 3.05) is 0 Å². The van der Waals surface area contributed by atoms with Crippen LogP contribution in [0.3, 0.4) is 0 Å².